The standard InChI is InChI=1S/C12H18N4O/c1-4-12(3,8-17)14-11-10-7-9(2)15-16(10)6-5-13-11/h5-7,17H,4,8H2,1-3H3,(H,13,14). The number of nitrogens with zero attached hydrogens (tertiary/aromatic N) is 3. The van der Waals surface area contributed by atoms with Crippen LogP contribution in [0.15, 0.2) is 18.5 Å². The number of rotatable bonds is 4. The Labute approximate surface area is 100 Å². The fourth-order valence-corrected chi connectivity index (χ4v) is 1.67. The minimum absolute atomic E-state index is 0.0688. The van der Waals surface area contributed by atoms with Crippen molar-refractivity contribution in [3.05, 3.63) is 24.2 Å². The molecular formula is C12H18N4O. The average Bonchev–Trinajstić information content (AvgIpc) is 2.70. The van der Waals surface area contributed by atoms with Gasteiger partial charge in [-0.25, -0.2) is 9.50 Å². The number of nitrogens with one attached hydrogen (secondary N) is 1. The highest BCUT2D eigenvalue weighted by atomic mass is 16.3. The minimum Gasteiger partial charge on any atom is -0.394 e. The number of aliphatic hydroxyl groups excluding tert-OH is 1. The topological polar surface area (TPSA) is 62.5 Å². The van der Waals surface area contributed by atoms with E-state index >= 15 is 0 Å². The molecule has 5 heteroatoms. The van der Waals surface area contributed by atoms with Gasteiger partial charge in [0.2, 0.25) is 0 Å². The van der Waals surface area contributed by atoms with Crippen molar-refractivity contribution in [3.63, 3.8) is 0 Å². The largest absolute Gasteiger partial charge is 0.394 e. The van der Waals surface area contributed by atoms with Crippen LogP contribution in [0.2, 0.25) is 0 Å². The number of fused-ring (bicyclic) bond motifs is 1. The summed E-state index contributed by atoms with van der Waals surface area (Å²) in [5.41, 5.74) is 1.52. The summed E-state index contributed by atoms with van der Waals surface area (Å²) >= 11 is 0. The van der Waals surface area contributed by atoms with E-state index in [4.69, 9.17) is 0 Å². The maximum Gasteiger partial charge on any atom is 0.152 e. The third-order valence-electron chi connectivity index (χ3n) is 3.06. The summed E-state index contributed by atoms with van der Waals surface area (Å²) in [5.74, 6) is 0.756. The number of aliphatic hydroxyl groups is 1. The van der Waals surface area contributed by atoms with Crippen molar-refractivity contribution in [3.8, 4) is 0 Å². The first kappa shape index (κ1) is 11.9. The molecule has 0 bridgehead atoms. The van der Waals surface area contributed by atoms with Gasteiger partial charge in [-0.1, -0.05) is 6.92 Å². The van der Waals surface area contributed by atoms with Crippen LogP contribution in [0, 0.1) is 6.92 Å². The van der Waals surface area contributed by atoms with Crippen LogP contribution in [0.5, 0.6) is 0 Å². The van der Waals surface area contributed by atoms with Gasteiger partial charge in [0.1, 0.15) is 5.52 Å². The van der Waals surface area contributed by atoms with E-state index in [1.54, 1.807) is 10.7 Å². The molecule has 0 radical (unpaired) electrons. The number of hydrogen-bond acceptors (Lipinski definition) is 4. The van der Waals surface area contributed by atoms with Gasteiger partial charge in [0, 0.05) is 12.4 Å². The first-order valence-electron chi connectivity index (χ1n) is 5.78. The van der Waals surface area contributed by atoms with E-state index in [1.807, 2.05) is 33.0 Å². The molecule has 0 saturated carbocycles. The van der Waals surface area contributed by atoms with E-state index in [9.17, 15) is 5.11 Å². The Balaban J connectivity index is 2.42. The van der Waals surface area contributed by atoms with Crippen molar-refractivity contribution >= 4 is 11.3 Å². The Kier molecular flexibility index (Phi) is 3.02. The molecule has 17 heavy (non-hydrogen) atoms. The third-order valence-corrected chi connectivity index (χ3v) is 3.06. The van der Waals surface area contributed by atoms with Crippen molar-refractivity contribution < 1.29 is 5.11 Å². The van der Waals surface area contributed by atoms with Crippen LogP contribution in [-0.4, -0.2) is 31.9 Å². The summed E-state index contributed by atoms with van der Waals surface area (Å²) in [5, 5.41) is 17.0. The molecule has 0 aliphatic heterocycles. The first-order chi connectivity index (χ1) is 8.08. The Morgan fingerprint density at radius 3 is 2.94 bits per heavy atom. The van der Waals surface area contributed by atoms with Crippen LogP contribution < -0.4 is 5.32 Å². The number of hydrogen-bond donors (Lipinski definition) is 2. The minimum atomic E-state index is -0.354. The van der Waals surface area contributed by atoms with Crippen LogP contribution in [-0.2, 0) is 0 Å². The van der Waals surface area contributed by atoms with E-state index in [1.165, 1.54) is 0 Å². The Hall–Kier alpha value is -1.62. The van der Waals surface area contributed by atoms with E-state index in [-0.39, 0.29) is 12.1 Å². The van der Waals surface area contributed by atoms with Crippen molar-refractivity contribution in [1.29, 1.82) is 0 Å². The Morgan fingerprint density at radius 2 is 2.29 bits per heavy atom. The normalized spacial score (nSPS) is 14.8. The third kappa shape index (κ3) is 2.24. The van der Waals surface area contributed by atoms with Crippen LogP contribution in [0.3, 0.4) is 0 Å². The number of aromatic nitrogens is 3. The van der Waals surface area contributed by atoms with Gasteiger partial charge in [-0.3, -0.25) is 0 Å². The fourth-order valence-electron chi connectivity index (χ4n) is 1.67. The summed E-state index contributed by atoms with van der Waals surface area (Å²) < 4.78 is 1.79. The lowest BCUT2D eigenvalue weighted by atomic mass is 10.0. The second-order valence-corrected chi connectivity index (χ2v) is 4.59. The molecule has 2 aromatic rings. The van der Waals surface area contributed by atoms with E-state index in [2.05, 4.69) is 15.4 Å². The van der Waals surface area contributed by atoms with Gasteiger partial charge in [-0.15, -0.1) is 0 Å². The van der Waals surface area contributed by atoms with Crippen molar-refractivity contribution in [1.82, 2.24) is 14.6 Å². The second kappa shape index (κ2) is 4.33. The fraction of sp³-hybridized carbons (Fsp3) is 0.500. The molecule has 2 rings (SSSR count). The molecule has 5 nitrogen and oxygen atoms in total. The molecule has 0 aliphatic rings. The molecule has 92 valence electrons. The van der Waals surface area contributed by atoms with Gasteiger partial charge >= 0.3 is 0 Å². The van der Waals surface area contributed by atoms with Gasteiger partial charge in [-0.05, 0) is 26.3 Å². The molecule has 1 unspecified atom stereocenters. The smallest absolute Gasteiger partial charge is 0.152 e. The second-order valence-electron chi connectivity index (χ2n) is 4.59. The van der Waals surface area contributed by atoms with Crippen molar-refractivity contribution in [2.24, 2.45) is 0 Å². The Morgan fingerprint density at radius 1 is 1.53 bits per heavy atom. The molecule has 0 amide bonds. The molecule has 0 saturated heterocycles. The zero-order valence-corrected chi connectivity index (χ0v) is 10.4. The van der Waals surface area contributed by atoms with Gasteiger partial charge < -0.3 is 10.4 Å². The maximum atomic E-state index is 9.41. The predicted molar refractivity (Wildman–Crippen MR) is 67.1 cm³/mol. The first-order valence-corrected chi connectivity index (χ1v) is 5.78. The lowest BCUT2D eigenvalue weighted by molar-refractivity contribution is 0.218. The molecule has 2 heterocycles. The van der Waals surface area contributed by atoms with E-state index < -0.39 is 0 Å². The van der Waals surface area contributed by atoms with Crippen LogP contribution >= 0.6 is 0 Å². The zero-order valence-electron chi connectivity index (χ0n) is 10.4. The molecular weight excluding hydrogens is 216 g/mol. The van der Waals surface area contributed by atoms with Gasteiger partial charge in [0.25, 0.3) is 0 Å². The summed E-state index contributed by atoms with van der Waals surface area (Å²) in [6.07, 6.45) is 4.34. The summed E-state index contributed by atoms with van der Waals surface area (Å²) in [6.45, 7) is 6.02. The van der Waals surface area contributed by atoms with E-state index in [0.717, 1.165) is 23.4 Å². The quantitative estimate of drug-likeness (QED) is 0.843. The zero-order chi connectivity index (χ0) is 12.5. The van der Waals surface area contributed by atoms with Crippen molar-refractivity contribution in [2.75, 3.05) is 11.9 Å². The SMILES string of the molecule is CCC(C)(CO)Nc1nccn2nc(C)cc12. The average molecular weight is 234 g/mol. The maximum absolute atomic E-state index is 9.41. The predicted octanol–water partition coefficient (Wildman–Crippen LogP) is 1.61. The molecule has 2 N–H and O–H groups in total. The van der Waals surface area contributed by atoms with Crippen molar-refractivity contribution in [2.45, 2.75) is 32.7 Å². The lowest BCUT2D eigenvalue weighted by Crippen LogP contribution is -2.38. The Bertz CT molecular complexity index is 516. The number of anilines is 1. The highest BCUT2D eigenvalue weighted by Gasteiger charge is 2.22. The summed E-state index contributed by atoms with van der Waals surface area (Å²) in [4.78, 5) is 4.32. The molecule has 0 aromatic carbocycles. The molecule has 1 atom stereocenters. The van der Waals surface area contributed by atoms with Gasteiger partial charge in [-0.2, -0.15) is 5.10 Å². The van der Waals surface area contributed by atoms with Crippen LogP contribution in [0.25, 0.3) is 5.52 Å². The monoisotopic (exact) mass is 234 g/mol. The van der Waals surface area contributed by atoms with Crippen LogP contribution in [0.1, 0.15) is 26.0 Å². The molecule has 0 spiro atoms. The van der Waals surface area contributed by atoms with Gasteiger partial charge in [0.15, 0.2) is 5.82 Å². The molecule has 0 fully saturated rings. The van der Waals surface area contributed by atoms with E-state index in [0.29, 0.717) is 0 Å². The number of aryl methyl sites for hydroxylation is 1. The van der Waals surface area contributed by atoms with Gasteiger partial charge in [0.05, 0.1) is 17.8 Å². The van der Waals surface area contributed by atoms with Crippen LogP contribution in [0.4, 0.5) is 5.82 Å². The molecule has 2 aromatic heterocycles. The summed E-state index contributed by atoms with van der Waals surface area (Å²) in [6, 6.07) is 1.97. The molecule has 0 aliphatic carbocycles. The summed E-state index contributed by atoms with van der Waals surface area (Å²) in [7, 11) is 0. The lowest BCUT2D eigenvalue weighted by Gasteiger charge is -2.27. The highest BCUT2D eigenvalue weighted by Crippen LogP contribution is 2.21. The highest BCUT2D eigenvalue weighted by molar-refractivity contribution is 5.68.